The van der Waals surface area contributed by atoms with Crippen LogP contribution < -0.4 is 0 Å². The molecule has 5 heteroatoms. The molecule has 0 amide bonds. The fourth-order valence-corrected chi connectivity index (χ4v) is 2.44. The third-order valence-electron chi connectivity index (χ3n) is 3.76. The molecule has 1 rings (SSSR count). The van der Waals surface area contributed by atoms with Gasteiger partial charge in [0.05, 0.1) is 0 Å². The molecule has 0 radical (unpaired) electrons. The Morgan fingerprint density at radius 3 is 1.83 bits per heavy atom. The lowest BCUT2D eigenvalue weighted by molar-refractivity contribution is -0.155. The first-order chi connectivity index (χ1) is 10.8. The second kappa shape index (κ2) is 7.24. The second-order valence-electron chi connectivity index (χ2n) is 8.09. The zero-order valence-electron chi connectivity index (χ0n) is 15.4. The third-order valence-corrected chi connectivity index (χ3v) is 3.76. The van der Waals surface area contributed by atoms with Crippen molar-refractivity contribution in [3.8, 4) is 5.75 Å². The van der Waals surface area contributed by atoms with Gasteiger partial charge in [0.25, 0.3) is 0 Å². The lowest BCUT2D eigenvalue weighted by Gasteiger charge is -2.28. The van der Waals surface area contributed by atoms with E-state index < -0.39 is 18.5 Å². The SMILES string of the molecule is CC(C)(C)c1cc(CCC(=O)OCC(=O)O)cc(C(C)(C)C)c1O. The van der Waals surface area contributed by atoms with Crippen LogP contribution in [0.2, 0.25) is 0 Å². The Balaban J connectivity index is 3.07. The molecule has 0 unspecified atom stereocenters. The molecule has 0 atom stereocenters. The molecule has 1 aromatic rings. The zero-order valence-corrected chi connectivity index (χ0v) is 15.4. The highest BCUT2D eigenvalue weighted by atomic mass is 16.5. The summed E-state index contributed by atoms with van der Waals surface area (Å²) in [7, 11) is 0. The number of aromatic hydroxyl groups is 1. The highest BCUT2D eigenvalue weighted by Gasteiger charge is 2.26. The van der Waals surface area contributed by atoms with Crippen LogP contribution in [0, 0.1) is 0 Å². The van der Waals surface area contributed by atoms with Crippen LogP contribution in [-0.2, 0) is 31.6 Å². The third kappa shape index (κ3) is 5.55. The zero-order chi connectivity index (χ0) is 18.7. The lowest BCUT2D eigenvalue weighted by atomic mass is 9.78. The van der Waals surface area contributed by atoms with Crippen LogP contribution in [0.1, 0.15) is 64.7 Å². The summed E-state index contributed by atoms with van der Waals surface area (Å²) in [6, 6.07) is 3.82. The summed E-state index contributed by atoms with van der Waals surface area (Å²) in [5.74, 6) is -1.41. The van der Waals surface area contributed by atoms with Gasteiger partial charge < -0.3 is 14.9 Å². The largest absolute Gasteiger partial charge is 0.507 e. The number of phenolic OH excluding ortho intramolecular Hbond substituents is 1. The van der Waals surface area contributed by atoms with Crippen molar-refractivity contribution >= 4 is 11.9 Å². The number of esters is 1. The monoisotopic (exact) mass is 336 g/mol. The van der Waals surface area contributed by atoms with E-state index in [1.807, 2.05) is 53.7 Å². The van der Waals surface area contributed by atoms with Crippen LogP contribution >= 0.6 is 0 Å². The molecule has 0 saturated carbocycles. The quantitative estimate of drug-likeness (QED) is 0.803. The van der Waals surface area contributed by atoms with Crippen molar-refractivity contribution in [3.63, 3.8) is 0 Å². The number of carbonyl (C=O) groups is 2. The summed E-state index contributed by atoms with van der Waals surface area (Å²) in [5.41, 5.74) is 2.14. The Morgan fingerprint density at radius 1 is 1.00 bits per heavy atom. The van der Waals surface area contributed by atoms with E-state index in [2.05, 4.69) is 4.74 Å². The summed E-state index contributed by atoms with van der Waals surface area (Å²) >= 11 is 0. The van der Waals surface area contributed by atoms with Crippen LogP contribution in [0.15, 0.2) is 12.1 Å². The lowest BCUT2D eigenvalue weighted by Crippen LogP contribution is -2.18. The van der Waals surface area contributed by atoms with Gasteiger partial charge in [-0.2, -0.15) is 0 Å². The molecule has 0 spiro atoms. The van der Waals surface area contributed by atoms with E-state index in [0.717, 1.165) is 16.7 Å². The average molecular weight is 336 g/mol. The highest BCUT2D eigenvalue weighted by Crippen LogP contribution is 2.39. The van der Waals surface area contributed by atoms with Crippen molar-refractivity contribution in [2.45, 2.75) is 65.2 Å². The molecular weight excluding hydrogens is 308 g/mol. The van der Waals surface area contributed by atoms with E-state index in [1.165, 1.54) is 0 Å². The normalized spacial score (nSPS) is 12.1. The van der Waals surface area contributed by atoms with Gasteiger partial charge in [-0.1, -0.05) is 53.7 Å². The van der Waals surface area contributed by atoms with Crippen molar-refractivity contribution in [3.05, 3.63) is 28.8 Å². The Hall–Kier alpha value is -2.04. The number of benzene rings is 1. The number of phenols is 1. The highest BCUT2D eigenvalue weighted by molar-refractivity contribution is 5.75. The minimum atomic E-state index is -1.17. The van der Waals surface area contributed by atoms with E-state index in [1.54, 1.807) is 0 Å². The predicted octanol–water partition coefficient (Wildman–Crippen LogP) is 3.55. The molecule has 0 saturated heterocycles. The number of hydrogen-bond donors (Lipinski definition) is 2. The van der Waals surface area contributed by atoms with Gasteiger partial charge in [0.15, 0.2) is 6.61 Å². The summed E-state index contributed by atoms with van der Waals surface area (Å²) in [6.45, 7) is 11.5. The summed E-state index contributed by atoms with van der Waals surface area (Å²) < 4.78 is 4.66. The molecule has 0 heterocycles. The van der Waals surface area contributed by atoms with Crippen LogP contribution in [0.3, 0.4) is 0 Å². The topological polar surface area (TPSA) is 83.8 Å². The average Bonchev–Trinajstić information content (AvgIpc) is 2.41. The standard InChI is InChI=1S/C19H28O5/c1-18(2,3)13-9-12(7-8-16(22)24-11-15(20)21)10-14(17(13)23)19(4,5)6/h9-10,23H,7-8,11H2,1-6H3,(H,20,21). The second-order valence-corrected chi connectivity index (χ2v) is 8.09. The first-order valence-corrected chi connectivity index (χ1v) is 8.06. The number of aliphatic carboxylic acids is 1. The first-order valence-electron chi connectivity index (χ1n) is 8.06. The fourth-order valence-electron chi connectivity index (χ4n) is 2.44. The maximum absolute atomic E-state index is 11.6. The minimum Gasteiger partial charge on any atom is -0.507 e. The number of rotatable bonds is 5. The molecule has 5 nitrogen and oxygen atoms in total. The van der Waals surface area contributed by atoms with Crippen molar-refractivity contribution in [2.24, 2.45) is 0 Å². The molecule has 2 N–H and O–H groups in total. The van der Waals surface area contributed by atoms with Gasteiger partial charge in [-0.25, -0.2) is 4.79 Å². The molecule has 0 bridgehead atoms. The Kier molecular flexibility index (Phi) is 6.04. The maximum atomic E-state index is 11.6. The van der Waals surface area contributed by atoms with Gasteiger partial charge in [-0.3, -0.25) is 4.79 Å². The van der Waals surface area contributed by atoms with Gasteiger partial charge >= 0.3 is 11.9 Å². The number of carbonyl (C=O) groups excluding carboxylic acids is 1. The van der Waals surface area contributed by atoms with Crippen molar-refractivity contribution in [1.29, 1.82) is 0 Å². The Labute approximate surface area is 143 Å². The fraction of sp³-hybridized carbons (Fsp3) is 0.579. The van der Waals surface area contributed by atoms with E-state index in [9.17, 15) is 14.7 Å². The number of ether oxygens (including phenoxy) is 1. The maximum Gasteiger partial charge on any atom is 0.341 e. The summed E-state index contributed by atoms with van der Waals surface area (Å²) in [5, 5.41) is 19.2. The minimum absolute atomic E-state index is 0.102. The van der Waals surface area contributed by atoms with E-state index in [0.29, 0.717) is 12.2 Å². The number of carboxylic acids is 1. The van der Waals surface area contributed by atoms with Crippen molar-refractivity contribution < 1.29 is 24.5 Å². The predicted molar refractivity (Wildman–Crippen MR) is 92.4 cm³/mol. The van der Waals surface area contributed by atoms with Gasteiger partial charge in [0, 0.05) is 6.42 Å². The first kappa shape index (κ1) is 20.0. The Bertz CT molecular complexity index is 583. The summed E-state index contributed by atoms with van der Waals surface area (Å²) in [4.78, 5) is 22.0. The smallest absolute Gasteiger partial charge is 0.341 e. The molecule has 1 aromatic carbocycles. The van der Waals surface area contributed by atoms with Gasteiger partial charge in [0.2, 0.25) is 0 Å². The molecule has 0 aromatic heterocycles. The van der Waals surface area contributed by atoms with Crippen molar-refractivity contribution in [1.82, 2.24) is 0 Å². The van der Waals surface area contributed by atoms with Crippen LogP contribution in [0.25, 0.3) is 0 Å². The number of hydrogen-bond acceptors (Lipinski definition) is 4. The van der Waals surface area contributed by atoms with Crippen LogP contribution in [0.4, 0.5) is 0 Å². The van der Waals surface area contributed by atoms with E-state index in [4.69, 9.17) is 5.11 Å². The van der Waals surface area contributed by atoms with E-state index in [-0.39, 0.29) is 17.3 Å². The van der Waals surface area contributed by atoms with Gasteiger partial charge in [-0.05, 0) is 33.9 Å². The number of carboxylic acid groups (broad SMARTS) is 1. The van der Waals surface area contributed by atoms with E-state index >= 15 is 0 Å². The molecular formula is C19H28O5. The molecule has 134 valence electrons. The van der Waals surface area contributed by atoms with Gasteiger partial charge in [-0.15, -0.1) is 0 Å². The summed E-state index contributed by atoms with van der Waals surface area (Å²) in [6.07, 6.45) is 0.538. The van der Waals surface area contributed by atoms with Crippen LogP contribution in [0.5, 0.6) is 5.75 Å². The van der Waals surface area contributed by atoms with Gasteiger partial charge in [0.1, 0.15) is 5.75 Å². The van der Waals surface area contributed by atoms with Crippen molar-refractivity contribution in [2.75, 3.05) is 6.61 Å². The molecule has 0 aliphatic rings. The molecule has 24 heavy (non-hydrogen) atoms. The molecule has 0 fully saturated rings. The molecule has 0 aliphatic carbocycles. The van der Waals surface area contributed by atoms with Crippen LogP contribution in [-0.4, -0.2) is 28.8 Å². The molecule has 0 aliphatic heterocycles. The Morgan fingerprint density at radius 2 is 1.46 bits per heavy atom. The number of aryl methyl sites for hydroxylation is 1.